The fourth-order valence-corrected chi connectivity index (χ4v) is 6.44. The van der Waals surface area contributed by atoms with E-state index in [9.17, 15) is 18.0 Å². The third kappa shape index (κ3) is 8.80. The quantitative estimate of drug-likeness (QED) is 0.175. The van der Waals surface area contributed by atoms with Crippen molar-refractivity contribution in [2.45, 2.75) is 37.2 Å². The number of carbonyl (C=O) groups is 2. The van der Waals surface area contributed by atoms with E-state index in [4.69, 9.17) is 21.1 Å². The van der Waals surface area contributed by atoms with Crippen LogP contribution in [0.4, 0.5) is 5.69 Å². The minimum absolute atomic E-state index is 0.0306. The number of amides is 2. The fourth-order valence-electron chi connectivity index (χ4n) is 4.90. The molecule has 4 aromatic carbocycles. The molecule has 1 unspecified atom stereocenters. The lowest BCUT2D eigenvalue weighted by molar-refractivity contribution is -0.140. The van der Waals surface area contributed by atoms with Crippen LogP contribution in [0.15, 0.2) is 108 Å². The Morgan fingerprint density at radius 2 is 1.48 bits per heavy atom. The van der Waals surface area contributed by atoms with E-state index in [0.29, 0.717) is 35.1 Å². The number of nitrogens with zero attached hydrogens (tertiary/aromatic N) is 2. The zero-order valence-electron chi connectivity index (χ0n) is 26.1. The van der Waals surface area contributed by atoms with Crippen LogP contribution in [0.1, 0.15) is 24.5 Å². The van der Waals surface area contributed by atoms with E-state index in [1.165, 1.54) is 36.3 Å². The van der Waals surface area contributed by atoms with Crippen LogP contribution in [0.5, 0.6) is 11.5 Å². The third-order valence-corrected chi connectivity index (χ3v) is 9.39. The van der Waals surface area contributed by atoms with Crippen LogP contribution in [0.2, 0.25) is 5.02 Å². The Morgan fingerprint density at radius 3 is 2.11 bits per heavy atom. The summed E-state index contributed by atoms with van der Waals surface area (Å²) in [5, 5.41) is 3.35. The maximum atomic E-state index is 14.5. The van der Waals surface area contributed by atoms with Gasteiger partial charge in [0.2, 0.25) is 11.8 Å². The smallest absolute Gasteiger partial charge is 0.264 e. The highest BCUT2D eigenvalue weighted by molar-refractivity contribution is 7.92. The summed E-state index contributed by atoms with van der Waals surface area (Å²) in [5.41, 5.74) is 1.80. The number of anilines is 1. The maximum Gasteiger partial charge on any atom is 0.264 e. The van der Waals surface area contributed by atoms with E-state index in [-0.39, 0.29) is 29.5 Å². The zero-order chi connectivity index (χ0) is 33.1. The molecule has 4 rings (SSSR count). The van der Waals surface area contributed by atoms with Gasteiger partial charge in [0, 0.05) is 24.5 Å². The zero-order valence-corrected chi connectivity index (χ0v) is 27.6. The minimum Gasteiger partial charge on any atom is -0.497 e. The predicted octanol–water partition coefficient (Wildman–Crippen LogP) is 5.72. The van der Waals surface area contributed by atoms with Crippen molar-refractivity contribution in [3.8, 4) is 11.5 Å². The first-order valence-corrected chi connectivity index (χ1v) is 16.6. The standard InChI is InChI=1S/C35H38ClN3O6S/c1-4-21-37-35(41)33(23-26-9-6-5-7-10-26)38(24-27-11-8-12-31(22-27)45-3)34(40)25-39(29-15-13-28(36)14-16-29)46(42,43)32-19-17-30(44-2)18-20-32/h5-20,22,33H,4,21,23-25H2,1-3H3,(H,37,41). The van der Waals surface area contributed by atoms with Crippen LogP contribution in [0.3, 0.4) is 0 Å². The first-order valence-electron chi connectivity index (χ1n) is 14.8. The Hall–Kier alpha value is -4.54. The Bertz CT molecular complexity index is 1700. The Kier molecular flexibility index (Phi) is 12.1. The van der Waals surface area contributed by atoms with Gasteiger partial charge >= 0.3 is 0 Å². The second-order valence-electron chi connectivity index (χ2n) is 10.5. The van der Waals surface area contributed by atoms with Gasteiger partial charge in [-0.05, 0) is 78.2 Å². The van der Waals surface area contributed by atoms with Gasteiger partial charge in [-0.1, -0.05) is 61.0 Å². The lowest BCUT2D eigenvalue weighted by atomic mass is 10.0. The first-order chi connectivity index (χ1) is 22.2. The number of ether oxygens (including phenoxy) is 2. The van der Waals surface area contributed by atoms with E-state index in [0.717, 1.165) is 9.87 Å². The molecule has 0 spiro atoms. The summed E-state index contributed by atoms with van der Waals surface area (Å²) in [6, 6.07) is 27.8. The largest absolute Gasteiger partial charge is 0.497 e. The summed E-state index contributed by atoms with van der Waals surface area (Å²) in [6.07, 6.45) is 0.927. The monoisotopic (exact) mass is 663 g/mol. The summed E-state index contributed by atoms with van der Waals surface area (Å²) in [6.45, 7) is 1.82. The number of benzene rings is 4. The molecule has 242 valence electrons. The number of halogens is 1. The summed E-state index contributed by atoms with van der Waals surface area (Å²) in [4.78, 5) is 29.7. The lowest BCUT2D eigenvalue weighted by Crippen LogP contribution is -2.53. The molecular weight excluding hydrogens is 626 g/mol. The molecule has 0 heterocycles. The lowest BCUT2D eigenvalue weighted by Gasteiger charge is -2.34. The van der Waals surface area contributed by atoms with Gasteiger partial charge in [0.05, 0.1) is 24.8 Å². The van der Waals surface area contributed by atoms with Crippen LogP contribution >= 0.6 is 11.6 Å². The van der Waals surface area contributed by atoms with E-state index in [2.05, 4.69) is 5.32 Å². The van der Waals surface area contributed by atoms with Gasteiger partial charge in [-0.3, -0.25) is 13.9 Å². The molecule has 11 heteroatoms. The number of sulfonamides is 1. The second-order valence-corrected chi connectivity index (χ2v) is 12.8. The highest BCUT2D eigenvalue weighted by Gasteiger charge is 2.34. The molecule has 0 bridgehead atoms. The predicted molar refractivity (Wildman–Crippen MR) is 180 cm³/mol. The van der Waals surface area contributed by atoms with E-state index < -0.39 is 28.5 Å². The van der Waals surface area contributed by atoms with Crippen molar-refractivity contribution in [1.82, 2.24) is 10.2 Å². The highest BCUT2D eigenvalue weighted by Crippen LogP contribution is 2.28. The number of hydrogen-bond acceptors (Lipinski definition) is 6. The molecule has 9 nitrogen and oxygen atoms in total. The van der Waals surface area contributed by atoms with Crippen LogP contribution in [-0.2, 0) is 32.6 Å². The molecule has 0 aromatic heterocycles. The van der Waals surface area contributed by atoms with Gasteiger partial charge in [0.15, 0.2) is 0 Å². The van der Waals surface area contributed by atoms with E-state index in [1.54, 1.807) is 49.6 Å². The average Bonchev–Trinajstić information content (AvgIpc) is 3.08. The number of methoxy groups -OCH3 is 2. The van der Waals surface area contributed by atoms with Gasteiger partial charge in [-0.15, -0.1) is 0 Å². The minimum atomic E-state index is -4.26. The van der Waals surface area contributed by atoms with Gasteiger partial charge in [-0.25, -0.2) is 8.42 Å². The summed E-state index contributed by atoms with van der Waals surface area (Å²) in [7, 11) is -1.22. The second kappa shape index (κ2) is 16.1. The molecule has 1 atom stereocenters. The number of rotatable bonds is 15. The molecule has 1 N–H and O–H groups in total. The Balaban J connectivity index is 1.80. The molecule has 0 radical (unpaired) electrons. The molecule has 0 aliphatic rings. The summed E-state index contributed by atoms with van der Waals surface area (Å²) >= 11 is 6.14. The van der Waals surface area contributed by atoms with Gasteiger partial charge in [0.25, 0.3) is 10.0 Å². The molecule has 0 fully saturated rings. The molecule has 46 heavy (non-hydrogen) atoms. The molecule has 0 saturated heterocycles. The number of carbonyl (C=O) groups excluding carboxylic acids is 2. The Morgan fingerprint density at radius 1 is 0.826 bits per heavy atom. The SMILES string of the molecule is CCCNC(=O)C(Cc1ccccc1)N(Cc1cccc(OC)c1)C(=O)CN(c1ccc(Cl)cc1)S(=O)(=O)c1ccc(OC)cc1. The van der Waals surface area contributed by atoms with Crippen LogP contribution in [0, 0.1) is 0 Å². The van der Waals surface area contributed by atoms with E-state index >= 15 is 0 Å². The van der Waals surface area contributed by atoms with Crippen molar-refractivity contribution < 1.29 is 27.5 Å². The molecular formula is C35H38ClN3O6S. The molecule has 4 aromatic rings. The summed E-state index contributed by atoms with van der Waals surface area (Å²) < 4.78 is 39.9. The van der Waals surface area contributed by atoms with Crippen molar-refractivity contribution in [2.75, 3.05) is 31.6 Å². The van der Waals surface area contributed by atoms with Crippen molar-refractivity contribution in [3.05, 3.63) is 119 Å². The van der Waals surface area contributed by atoms with Crippen molar-refractivity contribution >= 4 is 39.1 Å². The summed E-state index contributed by atoms with van der Waals surface area (Å²) in [5.74, 6) is 0.171. The fraction of sp³-hybridized carbons (Fsp3) is 0.257. The normalized spacial score (nSPS) is 11.7. The van der Waals surface area contributed by atoms with Gasteiger partial charge < -0.3 is 19.7 Å². The molecule has 0 aliphatic heterocycles. The van der Waals surface area contributed by atoms with Crippen molar-refractivity contribution in [2.24, 2.45) is 0 Å². The molecule has 2 amide bonds. The highest BCUT2D eigenvalue weighted by atomic mass is 35.5. The Labute approximate surface area is 275 Å². The molecule has 0 saturated carbocycles. The van der Waals surface area contributed by atoms with Crippen LogP contribution in [0.25, 0.3) is 0 Å². The molecule has 0 aliphatic carbocycles. The van der Waals surface area contributed by atoms with Crippen molar-refractivity contribution in [3.63, 3.8) is 0 Å². The van der Waals surface area contributed by atoms with E-state index in [1.807, 2.05) is 43.3 Å². The van der Waals surface area contributed by atoms with Crippen LogP contribution < -0.4 is 19.1 Å². The van der Waals surface area contributed by atoms with Crippen molar-refractivity contribution in [1.29, 1.82) is 0 Å². The average molecular weight is 664 g/mol. The van der Waals surface area contributed by atoms with Gasteiger partial charge in [0.1, 0.15) is 24.1 Å². The topological polar surface area (TPSA) is 105 Å². The van der Waals surface area contributed by atoms with Crippen LogP contribution in [-0.4, -0.2) is 58.5 Å². The third-order valence-electron chi connectivity index (χ3n) is 7.35. The number of hydrogen-bond donors (Lipinski definition) is 1. The number of nitrogens with one attached hydrogen (secondary N) is 1. The van der Waals surface area contributed by atoms with Gasteiger partial charge in [-0.2, -0.15) is 0 Å². The first kappa shape index (κ1) is 34.3. The maximum absolute atomic E-state index is 14.5.